The van der Waals surface area contributed by atoms with Gasteiger partial charge in [0.1, 0.15) is 22.5 Å². The summed E-state index contributed by atoms with van der Waals surface area (Å²) >= 11 is 0. The van der Waals surface area contributed by atoms with Crippen LogP contribution in [-0.2, 0) is 31.9 Å². The van der Waals surface area contributed by atoms with Gasteiger partial charge in [-0.25, -0.2) is 9.59 Å². The molecule has 0 bridgehead atoms. The predicted octanol–water partition coefficient (Wildman–Crippen LogP) is 7.00. The van der Waals surface area contributed by atoms with E-state index >= 15 is 0 Å². The Kier molecular flexibility index (Phi) is 24.9. The van der Waals surface area contributed by atoms with Crippen LogP contribution in [0.5, 0.6) is 0 Å². The zero-order chi connectivity index (χ0) is 45.6. The van der Waals surface area contributed by atoms with Gasteiger partial charge in [0.05, 0.1) is 6.07 Å². The van der Waals surface area contributed by atoms with Gasteiger partial charge in [0.2, 0.25) is 0 Å². The summed E-state index contributed by atoms with van der Waals surface area (Å²) in [6.07, 6.45) is 16.0. The minimum Gasteiger partial charge on any atom is -0.512 e. The maximum absolute atomic E-state index is 11.9. The maximum atomic E-state index is 11.9. The van der Waals surface area contributed by atoms with Crippen LogP contribution in [0.2, 0.25) is 0 Å². The number of carboxylic acids is 1. The van der Waals surface area contributed by atoms with E-state index in [4.69, 9.17) is 36.9 Å². The van der Waals surface area contributed by atoms with E-state index in [2.05, 4.69) is 58.4 Å². The van der Waals surface area contributed by atoms with Gasteiger partial charge < -0.3 is 48.1 Å². The smallest absolute Gasteiger partial charge is 0.512 e. The summed E-state index contributed by atoms with van der Waals surface area (Å²) in [6.45, 7) is 17.1. The fourth-order valence-corrected chi connectivity index (χ4v) is 7.41. The molecule has 2 aromatic rings. The van der Waals surface area contributed by atoms with Crippen LogP contribution in [0.3, 0.4) is 0 Å². The molecular weight excluding hydrogens is 796 g/mol. The first kappa shape index (κ1) is 55.7. The Morgan fingerprint density at radius 1 is 0.742 bits per heavy atom. The number of hydrogen-bond donors (Lipinski definition) is 5. The molecule has 0 radical (unpaired) electrons. The number of ketones is 1. The largest absolute Gasteiger partial charge is 1.00 e. The number of carbonyl (C=O) groups excluding carboxylic acids is 3. The number of hydrogen-bond acceptors (Lipinski definition) is 10. The van der Waals surface area contributed by atoms with Crippen LogP contribution >= 0.6 is 0 Å². The molecule has 2 aromatic carbocycles. The zero-order valence-corrected chi connectivity index (χ0v) is 40.6. The Balaban J connectivity index is 0.000000500. The first-order valence-electron chi connectivity index (χ1n) is 21.8. The normalized spacial score (nSPS) is 20.8. The van der Waals surface area contributed by atoms with Crippen molar-refractivity contribution in [2.45, 2.75) is 180 Å². The molecule has 0 atom stereocenters. The second-order valence-electron chi connectivity index (χ2n) is 18.7. The molecule has 4 saturated carbocycles. The molecule has 4 fully saturated rings. The molecule has 4 aliphatic rings. The number of anilines is 2. The van der Waals surface area contributed by atoms with Gasteiger partial charge in [-0.3, -0.25) is 9.59 Å². The van der Waals surface area contributed by atoms with Crippen LogP contribution in [0.15, 0.2) is 48.5 Å². The molecule has 14 heteroatoms. The summed E-state index contributed by atoms with van der Waals surface area (Å²) < 4.78 is 10.7. The summed E-state index contributed by atoms with van der Waals surface area (Å²) in [5.74, 6) is 0.956. The third kappa shape index (κ3) is 23.8. The summed E-state index contributed by atoms with van der Waals surface area (Å²) in [5.41, 5.74) is 9.02. The van der Waals surface area contributed by atoms with Crippen LogP contribution in [0.25, 0.3) is 0 Å². The Labute approximate surface area is 392 Å². The predicted molar refractivity (Wildman–Crippen MR) is 238 cm³/mol. The number of rotatable bonds is 8. The number of carboxylic acid groups (broad SMARTS) is 1. The van der Waals surface area contributed by atoms with Gasteiger partial charge in [0.15, 0.2) is 0 Å². The topological polar surface area (TPSA) is 217 Å². The number of aliphatic carboxylic acids is 1. The number of nitrogens with zero attached hydrogens (tertiary/aromatic N) is 2. The number of nitrogens with one attached hydrogen (secondary N) is 3. The van der Waals surface area contributed by atoms with E-state index in [-0.39, 0.29) is 59.4 Å². The van der Waals surface area contributed by atoms with Crippen molar-refractivity contribution in [1.29, 1.82) is 10.5 Å². The Morgan fingerprint density at radius 2 is 1.10 bits per heavy atom. The minimum atomic E-state index is -0.833. The van der Waals surface area contributed by atoms with E-state index in [1.54, 1.807) is 0 Å². The van der Waals surface area contributed by atoms with Gasteiger partial charge in [0, 0.05) is 43.2 Å². The van der Waals surface area contributed by atoms with Crippen molar-refractivity contribution < 1.29 is 63.3 Å². The summed E-state index contributed by atoms with van der Waals surface area (Å²) in [4.78, 5) is 42.6. The zero-order valence-electron chi connectivity index (χ0n) is 38.6. The van der Waals surface area contributed by atoms with Crippen molar-refractivity contribution in [2.24, 2.45) is 11.8 Å². The number of nitrogens with two attached hydrogens (primary N) is 1. The van der Waals surface area contributed by atoms with E-state index < -0.39 is 17.2 Å². The van der Waals surface area contributed by atoms with Crippen LogP contribution in [-0.4, -0.2) is 57.9 Å². The van der Waals surface area contributed by atoms with Crippen LogP contribution in [0.4, 0.5) is 21.0 Å². The number of ether oxygens (including phenoxy) is 2. The van der Waals surface area contributed by atoms with E-state index in [0.29, 0.717) is 17.6 Å². The Hall–Kier alpha value is -4.30. The first-order chi connectivity index (χ1) is 28.7. The molecule has 6 N–H and O–H groups in total. The van der Waals surface area contributed by atoms with Gasteiger partial charge >= 0.3 is 41.7 Å². The van der Waals surface area contributed by atoms with Crippen LogP contribution in [0, 0.1) is 35.0 Å². The molecule has 13 nitrogen and oxygen atoms in total. The first-order valence-corrected chi connectivity index (χ1v) is 21.8. The van der Waals surface area contributed by atoms with E-state index in [9.17, 15) is 19.6 Å². The van der Waals surface area contributed by atoms with Gasteiger partial charge in [0.25, 0.3) is 5.97 Å². The molecule has 0 heterocycles. The SMILES string of the molecule is CC(=O)O.CC(C)(C)OC(=O)NC1CCC(Cc2ccc(N)cc2)CC1.CC(C)(C)OC(=O)NC1CCC(Cc2ccc(NC3(C#N)CCC3)cc2)CC1.O=C1CCC1.[C-]#N.[Na+]. The summed E-state index contributed by atoms with van der Waals surface area (Å²) in [5, 5.41) is 32.4. The van der Waals surface area contributed by atoms with Crippen LogP contribution < -0.4 is 51.2 Å². The molecule has 6 rings (SSSR count). The van der Waals surface area contributed by atoms with E-state index in [0.717, 1.165) is 121 Å². The van der Waals surface area contributed by atoms with Crippen molar-refractivity contribution in [3.05, 3.63) is 66.2 Å². The number of alkyl carbamates (subject to hydrolysis) is 2. The third-order valence-electron chi connectivity index (χ3n) is 10.8. The molecule has 336 valence electrons. The van der Waals surface area contributed by atoms with Crippen LogP contribution in [0.1, 0.15) is 149 Å². The van der Waals surface area contributed by atoms with Gasteiger partial charge in [-0.05, 0) is 179 Å². The average Bonchev–Trinajstić information content (AvgIpc) is 3.15. The number of amides is 2. The summed E-state index contributed by atoms with van der Waals surface area (Å²) in [7, 11) is 0. The number of Topliss-reactive ketones (excluding diaryl/α,β-unsaturated/α-hetero) is 1. The van der Waals surface area contributed by atoms with E-state index in [1.165, 1.54) is 11.1 Å². The molecule has 4 aliphatic carbocycles. The van der Waals surface area contributed by atoms with Gasteiger partial charge in [-0.2, -0.15) is 5.26 Å². The number of carbonyl (C=O) groups is 4. The second kappa shape index (κ2) is 27.7. The van der Waals surface area contributed by atoms with E-state index in [1.807, 2.05) is 53.7 Å². The minimum absolute atomic E-state index is 0. The number of benzene rings is 2. The molecule has 2 amide bonds. The fourth-order valence-electron chi connectivity index (χ4n) is 7.41. The quantitative estimate of drug-likeness (QED) is 0.103. The Morgan fingerprint density at radius 3 is 1.37 bits per heavy atom. The van der Waals surface area contributed by atoms with Crippen molar-refractivity contribution >= 4 is 35.3 Å². The third-order valence-corrected chi connectivity index (χ3v) is 10.8. The fraction of sp³-hybridized carbons (Fsp3) is 0.625. The van der Waals surface area contributed by atoms with Crippen molar-refractivity contribution in [2.75, 3.05) is 11.1 Å². The molecule has 0 aliphatic heterocycles. The molecule has 0 spiro atoms. The van der Waals surface area contributed by atoms with Gasteiger partial charge in [-0.15, -0.1) is 0 Å². The van der Waals surface area contributed by atoms with Crippen molar-refractivity contribution in [1.82, 2.24) is 10.6 Å². The van der Waals surface area contributed by atoms with Crippen molar-refractivity contribution in [3.63, 3.8) is 0 Å². The number of nitriles is 1. The second-order valence-corrected chi connectivity index (χ2v) is 18.7. The molecular formula is C48H71N6NaO7. The molecule has 62 heavy (non-hydrogen) atoms. The maximum Gasteiger partial charge on any atom is 1.00 e. The molecule has 0 unspecified atom stereocenters. The molecule has 0 aromatic heterocycles. The molecule has 0 saturated heterocycles. The Bertz CT molecular complexity index is 1700. The number of nitrogen functional groups attached to an aromatic ring is 1. The van der Waals surface area contributed by atoms with Gasteiger partial charge in [-0.1, -0.05) is 24.3 Å². The van der Waals surface area contributed by atoms with Crippen molar-refractivity contribution in [3.8, 4) is 6.07 Å². The summed E-state index contributed by atoms with van der Waals surface area (Å²) in [6, 6.07) is 19.6. The monoisotopic (exact) mass is 867 g/mol. The standard InChI is InChI=1S/C23H33N3O2.C18H28N2O2.C4H6O.C2H4O2.CN.Na/c1-22(2,3)28-21(27)25-19-9-5-17(6-10-19)15-18-7-11-20(12-8-18)26-23(16-24)13-4-14-23;1-18(2,3)22-17(21)20-16-10-6-14(7-11-16)12-13-4-8-15(19)9-5-13;5-4-2-1-3-4;1-2(3)4;1-2;/h7-8,11-12,17,19,26H,4-6,9-10,13-15H2,1-3H3,(H,25,27);4-5,8-9,14,16H,6-7,10-12,19H2,1-3H3,(H,20,21);1-3H2;1H3,(H,3,4);;/q;;;;-1;+1. The average molecular weight is 867 g/mol.